The Bertz CT molecular complexity index is 1160. The minimum Gasteiger partial charge on any atom is -0.497 e. The van der Waals surface area contributed by atoms with E-state index in [1.807, 2.05) is 29.2 Å². The van der Waals surface area contributed by atoms with Crippen molar-refractivity contribution in [2.45, 2.75) is 31.3 Å². The fraction of sp³-hybridized carbons (Fsp3) is 0.345. The fourth-order valence-corrected chi connectivity index (χ4v) is 5.18. The summed E-state index contributed by atoms with van der Waals surface area (Å²) in [4.78, 5) is 17.7. The van der Waals surface area contributed by atoms with Gasteiger partial charge in [-0.3, -0.25) is 9.69 Å². The number of carbonyl (C=O) groups excluding carboxylic acids is 1. The van der Waals surface area contributed by atoms with Crippen LogP contribution in [0.5, 0.6) is 5.75 Å². The van der Waals surface area contributed by atoms with Crippen LogP contribution in [0.2, 0.25) is 0 Å². The number of methoxy groups -OCH3 is 1. The molecule has 0 N–H and O–H groups in total. The lowest BCUT2D eigenvalue weighted by atomic mass is 9.88. The van der Waals surface area contributed by atoms with Crippen molar-refractivity contribution in [1.82, 2.24) is 9.80 Å². The molecule has 1 amide bonds. The molecule has 1 saturated carbocycles. The summed E-state index contributed by atoms with van der Waals surface area (Å²) in [5, 5.41) is 0. The zero-order valence-electron chi connectivity index (χ0n) is 19.9. The Labute approximate surface area is 205 Å². The molecule has 2 atom stereocenters. The van der Waals surface area contributed by atoms with E-state index in [-0.39, 0.29) is 29.6 Å². The van der Waals surface area contributed by atoms with Gasteiger partial charge in [0.2, 0.25) is 0 Å². The number of benzene rings is 3. The molecule has 3 aromatic rings. The number of halogens is 2. The van der Waals surface area contributed by atoms with Crippen molar-refractivity contribution < 1.29 is 18.3 Å². The van der Waals surface area contributed by atoms with Gasteiger partial charge < -0.3 is 9.64 Å². The van der Waals surface area contributed by atoms with Gasteiger partial charge in [-0.25, -0.2) is 8.78 Å². The molecule has 1 saturated heterocycles. The van der Waals surface area contributed by atoms with E-state index in [0.717, 1.165) is 43.8 Å². The highest BCUT2D eigenvalue weighted by Crippen LogP contribution is 2.37. The summed E-state index contributed by atoms with van der Waals surface area (Å²) in [6, 6.07) is 21.0. The zero-order chi connectivity index (χ0) is 24.4. The molecule has 5 rings (SSSR count). The van der Waals surface area contributed by atoms with Crippen LogP contribution in [0.25, 0.3) is 0 Å². The maximum Gasteiger partial charge on any atom is 0.254 e. The number of likely N-dealkylation sites (tertiary alicyclic amines) is 1. The monoisotopic (exact) mass is 476 g/mol. The first-order valence-corrected chi connectivity index (χ1v) is 12.2. The number of rotatable bonds is 8. The number of nitrogens with zero attached hydrogens (tertiary/aromatic N) is 2. The van der Waals surface area contributed by atoms with E-state index in [0.29, 0.717) is 12.1 Å². The van der Waals surface area contributed by atoms with E-state index in [4.69, 9.17) is 4.74 Å². The fourth-order valence-electron chi connectivity index (χ4n) is 5.18. The summed E-state index contributed by atoms with van der Waals surface area (Å²) in [5.74, 6) is 0.431. The number of hydrogen-bond acceptors (Lipinski definition) is 3. The van der Waals surface area contributed by atoms with Gasteiger partial charge >= 0.3 is 0 Å². The molecule has 1 aliphatic carbocycles. The maximum atomic E-state index is 13.8. The van der Waals surface area contributed by atoms with E-state index in [1.54, 1.807) is 19.2 Å². The van der Waals surface area contributed by atoms with Crippen LogP contribution in [-0.4, -0.2) is 48.5 Å². The topological polar surface area (TPSA) is 32.8 Å². The van der Waals surface area contributed by atoms with Crippen molar-refractivity contribution in [3.8, 4) is 5.75 Å². The summed E-state index contributed by atoms with van der Waals surface area (Å²) >= 11 is 0. The van der Waals surface area contributed by atoms with Gasteiger partial charge in [0.1, 0.15) is 17.4 Å². The molecule has 1 aliphatic heterocycles. The van der Waals surface area contributed by atoms with Crippen LogP contribution < -0.4 is 4.74 Å². The minimum absolute atomic E-state index is 0.113. The highest BCUT2D eigenvalue weighted by Gasteiger charge is 2.40. The van der Waals surface area contributed by atoms with E-state index in [2.05, 4.69) is 17.0 Å². The lowest BCUT2D eigenvalue weighted by molar-refractivity contribution is 0.0710. The molecule has 2 aliphatic rings. The van der Waals surface area contributed by atoms with Crippen LogP contribution in [0.4, 0.5) is 8.78 Å². The predicted octanol–water partition coefficient (Wildman–Crippen LogP) is 5.49. The average Bonchev–Trinajstić information content (AvgIpc) is 3.64. The Hall–Kier alpha value is -3.25. The highest BCUT2D eigenvalue weighted by molar-refractivity contribution is 5.94. The van der Waals surface area contributed by atoms with Crippen LogP contribution in [0, 0.1) is 17.6 Å². The minimum atomic E-state index is -0.401. The van der Waals surface area contributed by atoms with Crippen LogP contribution in [0.15, 0.2) is 72.8 Å². The van der Waals surface area contributed by atoms with Gasteiger partial charge in [0.15, 0.2) is 0 Å². The van der Waals surface area contributed by atoms with Crippen LogP contribution >= 0.6 is 0 Å². The van der Waals surface area contributed by atoms with Gasteiger partial charge in [-0.05, 0) is 72.4 Å². The maximum absolute atomic E-state index is 13.8. The molecular formula is C29H30F2N2O2. The Balaban J connectivity index is 1.37. The third-order valence-electron chi connectivity index (χ3n) is 7.13. The standard InChI is InChI=1S/C29H30F2N2O2/c1-35-27-13-5-20(6-14-27)16-32-17-23(28(19-32)21-7-9-24(30)10-8-21)18-33(26-11-12-26)29(34)22-3-2-4-25(31)15-22/h2-10,13-15,23,26,28H,11-12,16-19H2,1H3. The summed E-state index contributed by atoms with van der Waals surface area (Å²) in [6.07, 6.45) is 1.95. The molecule has 0 bridgehead atoms. The van der Waals surface area contributed by atoms with Gasteiger partial charge in [0, 0.05) is 43.7 Å². The van der Waals surface area contributed by atoms with Gasteiger partial charge in [-0.15, -0.1) is 0 Å². The summed E-state index contributed by atoms with van der Waals surface area (Å²) < 4.78 is 32.7. The predicted molar refractivity (Wildman–Crippen MR) is 131 cm³/mol. The third-order valence-corrected chi connectivity index (χ3v) is 7.13. The van der Waals surface area contributed by atoms with Gasteiger partial charge in [-0.1, -0.05) is 30.3 Å². The molecule has 0 aromatic heterocycles. The largest absolute Gasteiger partial charge is 0.497 e. The first-order valence-electron chi connectivity index (χ1n) is 12.2. The van der Waals surface area contributed by atoms with Crippen molar-refractivity contribution in [3.05, 3.63) is 101 Å². The van der Waals surface area contributed by atoms with Crippen molar-refractivity contribution in [2.24, 2.45) is 5.92 Å². The second-order valence-electron chi connectivity index (χ2n) is 9.66. The molecule has 3 aromatic carbocycles. The molecule has 2 fully saturated rings. The Morgan fingerprint density at radius 3 is 2.37 bits per heavy atom. The molecule has 182 valence electrons. The van der Waals surface area contributed by atoms with E-state index in [1.165, 1.54) is 29.8 Å². The number of ether oxygens (including phenoxy) is 1. The van der Waals surface area contributed by atoms with E-state index in [9.17, 15) is 13.6 Å². The van der Waals surface area contributed by atoms with Crippen molar-refractivity contribution in [1.29, 1.82) is 0 Å². The molecule has 2 unspecified atom stereocenters. The molecule has 0 radical (unpaired) electrons. The highest BCUT2D eigenvalue weighted by atomic mass is 19.1. The van der Waals surface area contributed by atoms with Crippen LogP contribution in [-0.2, 0) is 6.54 Å². The zero-order valence-corrected chi connectivity index (χ0v) is 19.9. The first kappa shape index (κ1) is 23.5. The van der Waals surface area contributed by atoms with Gasteiger partial charge in [0.25, 0.3) is 5.91 Å². The normalized spacial score (nSPS) is 20.1. The second-order valence-corrected chi connectivity index (χ2v) is 9.66. The number of carbonyl (C=O) groups is 1. The summed E-state index contributed by atoms with van der Waals surface area (Å²) in [6.45, 7) is 3.04. The Morgan fingerprint density at radius 2 is 1.71 bits per heavy atom. The van der Waals surface area contributed by atoms with E-state index >= 15 is 0 Å². The quantitative estimate of drug-likeness (QED) is 0.431. The molecular weight excluding hydrogens is 446 g/mol. The number of amides is 1. The third kappa shape index (κ3) is 5.54. The lowest BCUT2D eigenvalue weighted by Crippen LogP contribution is -2.39. The summed E-state index contributed by atoms with van der Waals surface area (Å²) in [5.41, 5.74) is 2.67. The summed E-state index contributed by atoms with van der Waals surface area (Å²) in [7, 11) is 1.66. The van der Waals surface area contributed by atoms with Crippen LogP contribution in [0.3, 0.4) is 0 Å². The van der Waals surface area contributed by atoms with Gasteiger partial charge in [0.05, 0.1) is 7.11 Å². The molecule has 1 heterocycles. The molecule has 0 spiro atoms. The Kier molecular flexibility index (Phi) is 6.82. The van der Waals surface area contributed by atoms with E-state index < -0.39 is 5.82 Å². The first-order chi connectivity index (χ1) is 17.0. The van der Waals surface area contributed by atoms with Crippen molar-refractivity contribution in [2.75, 3.05) is 26.7 Å². The van der Waals surface area contributed by atoms with Crippen molar-refractivity contribution in [3.63, 3.8) is 0 Å². The lowest BCUT2D eigenvalue weighted by Gasteiger charge is -2.29. The van der Waals surface area contributed by atoms with Gasteiger partial charge in [-0.2, -0.15) is 0 Å². The van der Waals surface area contributed by atoms with Crippen molar-refractivity contribution >= 4 is 5.91 Å². The smallest absolute Gasteiger partial charge is 0.254 e. The van der Waals surface area contributed by atoms with Crippen LogP contribution in [0.1, 0.15) is 40.2 Å². The average molecular weight is 477 g/mol. The SMILES string of the molecule is COc1ccc(CN2CC(CN(C(=O)c3cccc(F)c3)C3CC3)C(c3ccc(F)cc3)C2)cc1. The Morgan fingerprint density at radius 1 is 0.971 bits per heavy atom. The second kappa shape index (κ2) is 10.2. The molecule has 6 heteroatoms. The number of hydrogen-bond donors (Lipinski definition) is 0. The molecule has 4 nitrogen and oxygen atoms in total. The molecule has 35 heavy (non-hydrogen) atoms.